The van der Waals surface area contributed by atoms with Gasteiger partial charge in [0, 0.05) is 13.1 Å². The van der Waals surface area contributed by atoms with Crippen LogP contribution in [0.4, 0.5) is 4.79 Å². The Hall–Kier alpha value is -1.30. The number of amides is 1. The fourth-order valence-corrected chi connectivity index (χ4v) is 3.36. The highest BCUT2D eigenvalue weighted by molar-refractivity contribution is 5.76. The Kier molecular flexibility index (Phi) is 8.19. The van der Waals surface area contributed by atoms with Crippen LogP contribution in [0.3, 0.4) is 0 Å². The van der Waals surface area contributed by atoms with E-state index < -0.39 is 11.0 Å². The van der Waals surface area contributed by atoms with E-state index in [-0.39, 0.29) is 12.1 Å². The largest absolute Gasteiger partial charge is 0.469 e. The highest BCUT2D eigenvalue weighted by atomic mass is 16.6. The molecule has 0 aromatic carbocycles. The second-order valence-corrected chi connectivity index (χ2v) is 8.08. The molecule has 0 atom stereocenters. The number of carbonyl (C=O) groups is 2. The van der Waals surface area contributed by atoms with Gasteiger partial charge in [0.25, 0.3) is 0 Å². The lowest BCUT2D eigenvalue weighted by Crippen LogP contribution is -2.47. The molecule has 1 N–H and O–H groups in total. The number of hydrogen-bond donors (Lipinski definition) is 1. The fraction of sp³-hybridized carbons (Fsp3) is 0.895. The van der Waals surface area contributed by atoms with Crippen molar-refractivity contribution in [2.45, 2.75) is 65.9 Å². The number of nitrogens with zero attached hydrogens (tertiary/aromatic N) is 1. The Bertz CT molecular complexity index is 433. The van der Waals surface area contributed by atoms with E-state index in [1.54, 1.807) is 0 Å². The zero-order valence-corrected chi connectivity index (χ0v) is 16.8. The van der Waals surface area contributed by atoms with Gasteiger partial charge in [-0.25, -0.2) is 4.79 Å². The molecule has 0 saturated carbocycles. The standard InChI is InChI=1S/C19H36N2O4/c1-7-19(8-2,16(22)24-6)14-21-11-9-15(10-12-21)13-20-17(23)25-18(3,4)5/h15H,7-14H2,1-6H3,(H,20,23). The van der Waals surface area contributed by atoms with Gasteiger partial charge >= 0.3 is 12.1 Å². The van der Waals surface area contributed by atoms with E-state index in [9.17, 15) is 9.59 Å². The Morgan fingerprint density at radius 1 is 1.12 bits per heavy atom. The van der Waals surface area contributed by atoms with E-state index in [0.29, 0.717) is 12.5 Å². The molecule has 0 unspecified atom stereocenters. The van der Waals surface area contributed by atoms with Gasteiger partial charge in [-0.1, -0.05) is 13.8 Å². The van der Waals surface area contributed by atoms with Crippen LogP contribution in [0.1, 0.15) is 60.3 Å². The quantitative estimate of drug-likeness (QED) is 0.710. The summed E-state index contributed by atoms with van der Waals surface area (Å²) in [5, 5.41) is 2.87. The zero-order chi connectivity index (χ0) is 19.1. The number of hydrogen-bond acceptors (Lipinski definition) is 5. The number of nitrogens with one attached hydrogen (secondary N) is 1. The predicted molar refractivity (Wildman–Crippen MR) is 98.4 cm³/mol. The minimum Gasteiger partial charge on any atom is -0.469 e. The maximum absolute atomic E-state index is 12.2. The lowest BCUT2D eigenvalue weighted by atomic mass is 9.81. The number of ether oxygens (including phenoxy) is 2. The summed E-state index contributed by atoms with van der Waals surface area (Å²) in [6, 6.07) is 0. The Morgan fingerprint density at radius 3 is 2.12 bits per heavy atom. The summed E-state index contributed by atoms with van der Waals surface area (Å²) in [6.45, 7) is 13.0. The highest BCUT2D eigenvalue weighted by Gasteiger charge is 2.38. The van der Waals surface area contributed by atoms with Crippen molar-refractivity contribution in [3.05, 3.63) is 0 Å². The van der Waals surface area contributed by atoms with Gasteiger partial charge in [0.15, 0.2) is 0 Å². The van der Waals surface area contributed by atoms with Crippen LogP contribution in [0.2, 0.25) is 0 Å². The van der Waals surface area contributed by atoms with Crippen LogP contribution in [0.5, 0.6) is 0 Å². The van der Waals surface area contributed by atoms with E-state index in [0.717, 1.165) is 45.3 Å². The monoisotopic (exact) mass is 356 g/mol. The molecule has 0 aromatic rings. The van der Waals surface area contributed by atoms with E-state index in [1.165, 1.54) is 7.11 Å². The number of rotatable bonds is 7. The number of alkyl carbamates (subject to hydrolysis) is 1. The molecule has 1 rings (SSSR count). The summed E-state index contributed by atoms with van der Waals surface area (Å²) in [7, 11) is 1.47. The van der Waals surface area contributed by atoms with Crippen molar-refractivity contribution in [1.82, 2.24) is 10.2 Å². The Morgan fingerprint density at radius 2 is 1.68 bits per heavy atom. The normalized spacial score (nSPS) is 17.2. The van der Waals surface area contributed by atoms with E-state index in [2.05, 4.69) is 24.1 Å². The Balaban J connectivity index is 2.43. The van der Waals surface area contributed by atoms with Crippen molar-refractivity contribution in [2.24, 2.45) is 11.3 Å². The molecule has 0 spiro atoms. The fourth-order valence-electron chi connectivity index (χ4n) is 3.36. The zero-order valence-electron chi connectivity index (χ0n) is 16.8. The average Bonchev–Trinajstić information content (AvgIpc) is 2.57. The van der Waals surface area contributed by atoms with Gasteiger partial charge in [-0.15, -0.1) is 0 Å². The number of likely N-dealkylation sites (tertiary alicyclic amines) is 1. The minimum absolute atomic E-state index is 0.105. The van der Waals surface area contributed by atoms with Crippen molar-refractivity contribution < 1.29 is 19.1 Å². The van der Waals surface area contributed by atoms with Gasteiger partial charge in [0.05, 0.1) is 12.5 Å². The molecular formula is C19H36N2O4. The molecule has 1 heterocycles. The molecular weight excluding hydrogens is 320 g/mol. The summed E-state index contributed by atoms with van der Waals surface area (Å²) in [5.41, 5.74) is -0.874. The van der Waals surface area contributed by atoms with Crippen molar-refractivity contribution >= 4 is 12.1 Å². The molecule has 0 bridgehead atoms. The topological polar surface area (TPSA) is 67.9 Å². The van der Waals surface area contributed by atoms with E-state index in [4.69, 9.17) is 9.47 Å². The summed E-state index contributed by atoms with van der Waals surface area (Å²) < 4.78 is 10.3. The maximum Gasteiger partial charge on any atom is 0.407 e. The maximum atomic E-state index is 12.2. The lowest BCUT2D eigenvalue weighted by molar-refractivity contribution is -0.155. The van der Waals surface area contributed by atoms with Crippen LogP contribution in [0, 0.1) is 11.3 Å². The average molecular weight is 357 g/mol. The number of piperidine rings is 1. The van der Waals surface area contributed by atoms with Crippen LogP contribution in [0.15, 0.2) is 0 Å². The van der Waals surface area contributed by atoms with Crippen LogP contribution in [0.25, 0.3) is 0 Å². The third-order valence-corrected chi connectivity index (χ3v) is 5.14. The summed E-state index contributed by atoms with van der Waals surface area (Å²) in [5.74, 6) is 0.353. The Labute approximate surface area is 152 Å². The third-order valence-electron chi connectivity index (χ3n) is 5.14. The van der Waals surface area contributed by atoms with Crippen LogP contribution >= 0.6 is 0 Å². The molecule has 146 valence electrons. The SMILES string of the molecule is CCC(CC)(CN1CCC(CNC(=O)OC(C)(C)C)CC1)C(=O)OC. The van der Waals surface area contributed by atoms with Crippen molar-refractivity contribution in [3.8, 4) is 0 Å². The molecule has 1 amide bonds. The second-order valence-electron chi connectivity index (χ2n) is 8.08. The lowest BCUT2D eigenvalue weighted by Gasteiger charge is -2.38. The molecule has 6 heteroatoms. The molecule has 1 aliphatic rings. The van der Waals surface area contributed by atoms with Crippen LogP contribution in [-0.2, 0) is 14.3 Å². The number of carbonyl (C=O) groups excluding carboxylic acids is 2. The van der Waals surface area contributed by atoms with Crippen molar-refractivity contribution in [3.63, 3.8) is 0 Å². The molecule has 0 radical (unpaired) electrons. The predicted octanol–water partition coefficient (Wildman–Crippen LogP) is 3.20. The molecule has 0 aliphatic carbocycles. The van der Waals surface area contributed by atoms with Crippen molar-refractivity contribution in [1.29, 1.82) is 0 Å². The second kappa shape index (κ2) is 9.41. The molecule has 6 nitrogen and oxygen atoms in total. The molecule has 1 fully saturated rings. The smallest absolute Gasteiger partial charge is 0.407 e. The first kappa shape index (κ1) is 21.7. The highest BCUT2D eigenvalue weighted by Crippen LogP contribution is 2.31. The van der Waals surface area contributed by atoms with Crippen molar-refractivity contribution in [2.75, 3.05) is 33.3 Å². The van der Waals surface area contributed by atoms with Gasteiger partial charge in [0.2, 0.25) is 0 Å². The third kappa shape index (κ3) is 6.84. The first-order chi connectivity index (χ1) is 11.7. The number of methoxy groups -OCH3 is 1. The molecule has 1 aliphatic heterocycles. The molecule has 1 saturated heterocycles. The molecule has 25 heavy (non-hydrogen) atoms. The molecule has 0 aromatic heterocycles. The summed E-state index contributed by atoms with van der Waals surface area (Å²) in [4.78, 5) is 26.3. The van der Waals surface area contributed by atoms with Crippen LogP contribution < -0.4 is 5.32 Å². The first-order valence-electron chi connectivity index (χ1n) is 9.43. The van der Waals surface area contributed by atoms with Crippen LogP contribution in [-0.4, -0.2) is 55.9 Å². The van der Waals surface area contributed by atoms with Gasteiger partial charge in [-0.2, -0.15) is 0 Å². The summed E-state index contributed by atoms with van der Waals surface area (Å²) in [6.07, 6.45) is 3.25. The number of esters is 1. The summed E-state index contributed by atoms with van der Waals surface area (Å²) >= 11 is 0. The van der Waals surface area contributed by atoms with Gasteiger partial charge in [0.1, 0.15) is 5.60 Å². The van der Waals surface area contributed by atoms with Gasteiger partial charge in [-0.05, 0) is 65.5 Å². The first-order valence-corrected chi connectivity index (χ1v) is 9.43. The minimum atomic E-state index is -0.467. The van der Waals surface area contributed by atoms with Gasteiger partial charge < -0.3 is 19.7 Å². The van der Waals surface area contributed by atoms with Gasteiger partial charge in [-0.3, -0.25) is 4.79 Å². The van der Waals surface area contributed by atoms with E-state index in [1.807, 2.05) is 20.8 Å². The van der Waals surface area contributed by atoms with E-state index >= 15 is 0 Å².